The van der Waals surface area contributed by atoms with Gasteiger partial charge in [0.25, 0.3) is 0 Å². The van der Waals surface area contributed by atoms with Crippen LogP contribution in [-0.2, 0) is 0 Å². The highest BCUT2D eigenvalue weighted by Crippen LogP contribution is 2.29. The average Bonchev–Trinajstić information content (AvgIpc) is 2.61. The van der Waals surface area contributed by atoms with Gasteiger partial charge in [-0.05, 0) is 37.5 Å². The summed E-state index contributed by atoms with van der Waals surface area (Å²) in [6.45, 7) is 4.42. The Morgan fingerprint density at radius 2 is 1.92 bits per heavy atom. The summed E-state index contributed by atoms with van der Waals surface area (Å²) in [6.07, 6.45) is 2.59. The summed E-state index contributed by atoms with van der Waals surface area (Å²) in [6, 6.07) is 6.22. The van der Waals surface area contributed by atoms with E-state index in [1.165, 1.54) is 24.1 Å². The van der Waals surface area contributed by atoms with Gasteiger partial charge in [0.05, 0.1) is 10.7 Å². The predicted octanol–water partition coefficient (Wildman–Crippen LogP) is 3.25. The minimum atomic E-state index is 0.882. The quantitative estimate of drug-likeness (QED) is 0.665. The van der Waals surface area contributed by atoms with E-state index < -0.39 is 0 Å². The van der Waals surface area contributed by atoms with Crippen molar-refractivity contribution in [3.05, 3.63) is 28.8 Å². The van der Waals surface area contributed by atoms with Crippen molar-refractivity contribution in [2.45, 2.75) is 19.8 Å². The minimum absolute atomic E-state index is 0.882. The van der Waals surface area contributed by atoms with Crippen LogP contribution in [0.4, 0.5) is 5.69 Å². The fraction of sp³-hybridized carbons (Fsp3) is 0.455. The molecule has 1 nitrogen and oxygen atoms in total. The molecule has 0 aliphatic carbocycles. The lowest BCUT2D eigenvalue weighted by Gasteiger charge is -2.19. The number of rotatable bonds is 1. The molecule has 1 heterocycles. The Hall–Kier alpha value is -0.690. The van der Waals surface area contributed by atoms with Crippen molar-refractivity contribution in [1.29, 1.82) is 0 Å². The van der Waals surface area contributed by atoms with Crippen LogP contribution < -0.4 is 4.90 Å². The molecule has 2 rings (SSSR count). The second-order valence-electron chi connectivity index (χ2n) is 3.65. The largest absolute Gasteiger partial charge is 0.370 e. The molecule has 0 N–H and O–H groups in total. The molecule has 0 spiro atoms. The highest BCUT2D eigenvalue weighted by molar-refractivity contribution is 6.33. The first-order valence-electron chi connectivity index (χ1n) is 4.78. The Morgan fingerprint density at radius 3 is 2.62 bits per heavy atom. The molecule has 13 heavy (non-hydrogen) atoms. The highest BCUT2D eigenvalue weighted by atomic mass is 35.5. The van der Waals surface area contributed by atoms with E-state index in [1.54, 1.807) is 0 Å². The van der Waals surface area contributed by atoms with E-state index in [4.69, 9.17) is 11.6 Å². The number of halogens is 1. The summed E-state index contributed by atoms with van der Waals surface area (Å²) >= 11 is 6.13. The zero-order valence-electron chi connectivity index (χ0n) is 7.89. The number of anilines is 1. The Balaban J connectivity index is 2.32. The smallest absolute Gasteiger partial charge is 0.0639 e. The molecule has 0 radical (unpaired) electrons. The summed E-state index contributed by atoms with van der Waals surface area (Å²) in [7, 11) is 0. The van der Waals surface area contributed by atoms with Gasteiger partial charge in [-0.25, -0.2) is 0 Å². The molecule has 1 aliphatic heterocycles. The molecule has 0 amide bonds. The average molecular weight is 196 g/mol. The molecule has 0 unspecified atom stereocenters. The lowest BCUT2D eigenvalue weighted by atomic mass is 10.2. The molecule has 1 aromatic rings. The molecular formula is C11H14ClN. The van der Waals surface area contributed by atoms with E-state index in [0.717, 1.165) is 18.1 Å². The van der Waals surface area contributed by atoms with Crippen molar-refractivity contribution in [3.8, 4) is 0 Å². The Bertz CT molecular complexity index is 303. The number of benzene rings is 1. The van der Waals surface area contributed by atoms with Gasteiger partial charge >= 0.3 is 0 Å². The van der Waals surface area contributed by atoms with E-state index in [1.807, 2.05) is 6.07 Å². The van der Waals surface area contributed by atoms with Gasteiger partial charge in [-0.15, -0.1) is 0 Å². The number of nitrogens with zero attached hydrogens (tertiary/aromatic N) is 1. The first-order chi connectivity index (χ1) is 6.27. The summed E-state index contributed by atoms with van der Waals surface area (Å²) in [5.41, 5.74) is 2.49. The van der Waals surface area contributed by atoms with E-state index in [0.29, 0.717) is 0 Å². The first-order valence-corrected chi connectivity index (χ1v) is 5.16. The third-order valence-electron chi connectivity index (χ3n) is 2.55. The summed E-state index contributed by atoms with van der Waals surface area (Å²) in [4.78, 5) is 2.37. The van der Waals surface area contributed by atoms with E-state index in [2.05, 4.69) is 24.0 Å². The minimum Gasteiger partial charge on any atom is -0.370 e. The fourth-order valence-electron chi connectivity index (χ4n) is 1.82. The highest BCUT2D eigenvalue weighted by Gasteiger charge is 2.14. The van der Waals surface area contributed by atoms with Gasteiger partial charge in [0.2, 0.25) is 0 Å². The maximum Gasteiger partial charge on any atom is 0.0639 e. The molecule has 0 saturated carbocycles. The third-order valence-corrected chi connectivity index (χ3v) is 2.87. The van der Waals surface area contributed by atoms with Crippen molar-refractivity contribution in [1.82, 2.24) is 0 Å². The normalized spacial score (nSPS) is 16.6. The predicted molar refractivity (Wildman–Crippen MR) is 57.6 cm³/mol. The summed E-state index contributed by atoms with van der Waals surface area (Å²) < 4.78 is 0. The van der Waals surface area contributed by atoms with E-state index >= 15 is 0 Å². The van der Waals surface area contributed by atoms with Gasteiger partial charge in [0.15, 0.2) is 0 Å². The lowest BCUT2D eigenvalue weighted by molar-refractivity contribution is 0.949. The van der Waals surface area contributed by atoms with Gasteiger partial charge in [-0.3, -0.25) is 0 Å². The van der Waals surface area contributed by atoms with Gasteiger partial charge in [-0.1, -0.05) is 17.7 Å². The standard InChI is InChI=1S/C11H14ClN/c1-9-4-5-10(12)11(8-9)13-6-2-3-7-13/h4-5,8H,2-3,6-7H2,1H3. The van der Waals surface area contributed by atoms with Crippen LogP contribution in [0.25, 0.3) is 0 Å². The molecule has 1 aliphatic rings. The lowest BCUT2D eigenvalue weighted by Crippen LogP contribution is -2.17. The Labute approximate surface area is 84.3 Å². The van der Waals surface area contributed by atoms with Gasteiger partial charge < -0.3 is 4.90 Å². The van der Waals surface area contributed by atoms with Crippen LogP contribution >= 0.6 is 11.6 Å². The van der Waals surface area contributed by atoms with Crippen LogP contribution in [0.1, 0.15) is 18.4 Å². The fourth-order valence-corrected chi connectivity index (χ4v) is 2.06. The number of hydrogen-bond donors (Lipinski definition) is 0. The SMILES string of the molecule is Cc1ccc(Cl)c(N2CCCC2)c1. The second kappa shape index (κ2) is 3.59. The third kappa shape index (κ3) is 1.80. The molecule has 1 saturated heterocycles. The monoisotopic (exact) mass is 195 g/mol. The molecule has 0 aromatic heterocycles. The van der Waals surface area contributed by atoms with Crippen molar-refractivity contribution in [3.63, 3.8) is 0 Å². The molecule has 70 valence electrons. The number of hydrogen-bond acceptors (Lipinski definition) is 1. The molecule has 2 heteroatoms. The molecular weight excluding hydrogens is 182 g/mol. The van der Waals surface area contributed by atoms with Crippen LogP contribution in [-0.4, -0.2) is 13.1 Å². The number of aryl methyl sites for hydroxylation is 1. The van der Waals surface area contributed by atoms with E-state index in [9.17, 15) is 0 Å². The maximum atomic E-state index is 6.13. The molecule has 0 bridgehead atoms. The Kier molecular flexibility index (Phi) is 2.45. The van der Waals surface area contributed by atoms with Crippen molar-refractivity contribution < 1.29 is 0 Å². The maximum absolute atomic E-state index is 6.13. The molecule has 0 atom stereocenters. The first kappa shape index (κ1) is 8.89. The van der Waals surface area contributed by atoms with Crippen LogP contribution in [0.15, 0.2) is 18.2 Å². The zero-order chi connectivity index (χ0) is 9.26. The van der Waals surface area contributed by atoms with Gasteiger partial charge in [0, 0.05) is 13.1 Å². The van der Waals surface area contributed by atoms with Crippen LogP contribution in [0, 0.1) is 6.92 Å². The van der Waals surface area contributed by atoms with Gasteiger partial charge in [0.1, 0.15) is 0 Å². The van der Waals surface area contributed by atoms with Crippen molar-refractivity contribution in [2.24, 2.45) is 0 Å². The zero-order valence-corrected chi connectivity index (χ0v) is 8.64. The molecule has 1 aromatic carbocycles. The van der Waals surface area contributed by atoms with Crippen molar-refractivity contribution >= 4 is 17.3 Å². The van der Waals surface area contributed by atoms with Crippen LogP contribution in [0.5, 0.6) is 0 Å². The van der Waals surface area contributed by atoms with Crippen molar-refractivity contribution in [2.75, 3.05) is 18.0 Å². The second-order valence-corrected chi connectivity index (χ2v) is 4.06. The topological polar surface area (TPSA) is 3.24 Å². The van der Waals surface area contributed by atoms with Gasteiger partial charge in [-0.2, -0.15) is 0 Å². The summed E-state index contributed by atoms with van der Waals surface area (Å²) in [5.74, 6) is 0. The molecule has 1 fully saturated rings. The van der Waals surface area contributed by atoms with Crippen LogP contribution in [0.3, 0.4) is 0 Å². The summed E-state index contributed by atoms with van der Waals surface area (Å²) in [5, 5.41) is 0.882. The van der Waals surface area contributed by atoms with Crippen LogP contribution in [0.2, 0.25) is 5.02 Å². The van der Waals surface area contributed by atoms with E-state index in [-0.39, 0.29) is 0 Å². The Morgan fingerprint density at radius 1 is 1.23 bits per heavy atom.